The van der Waals surface area contributed by atoms with E-state index in [1.165, 1.54) is 0 Å². The van der Waals surface area contributed by atoms with Crippen LogP contribution in [-0.2, 0) is 9.59 Å². The molecule has 0 aliphatic heterocycles. The molecule has 0 aliphatic carbocycles. The fourth-order valence-electron chi connectivity index (χ4n) is 2.09. The number of unbranched alkanes of at least 4 members (excludes halogenated alkanes) is 3. The van der Waals surface area contributed by atoms with Crippen LogP contribution in [-0.4, -0.2) is 16.9 Å². The number of ketones is 1. The van der Waals surface area contributed by atoms with Gasteiger partial charge in [0.05, 0.1) is 0 Å². The average Bonchev–Trinajstić information content (AvgIpc) is 2.51. The van der Waals surface area contributed by atoms with Crippen molar-refractivity contribution in [2.45, 2.75) is 77.6 Å². The number of allylic oxidation sites excluding steroid dienone is 6. The highest BCUT2D eigenvalue weighted by molar-refractivity contribution is 5.78. The minimum atomic E-state index is -0.729. The van der Waals surface area contributed by atoms with E-state index in [0.29, 0.717) is 18.6 Å². The number of carbonyl (C=O) groups excluding carboxylic acids is 1. The van der Waals surface area contributed by atoms with E-state index in [4.69, 9.17) is 5.11 Å². The first-order valence-corrected chi connectivity index (χ1v) is 8.85. The van der Waals surface area contributed by atoms with Crippen molar-refractivity contribution in [3.05, 3.63) is 36.5 Å². The number of carbonyl (C=O) groups is 2. The quantitative estimate of drug-likeness (QED) is 0.315. The SMILES string of the molecule is CCCCCC(=O)CC/C=C\C/C=C\C/C=C\CCCC(=O)O. The number of carboxylic acids is 1. The van der Waals surface area contributed by atoms with Gasteiger partial charge in [-0.1, -0.05) is 56.2 Å². The molecule has 0 amide bonds. The Balaban J connectivity index is 3.46. The molecule has 0 atom stereocenters. The van der Waals surface area contributed by atoms with Gasteiger partial charge in [0.25, 0.3) is 0 Å². The first kappa shape index (κ1) is 21.4. The van der Waals surface area contributed by atoms with Gasteiger partial charge in [-0.25, -0.2) is 0 Å². The highest BCUT2D eigenvalue weighted by Gasteiger charge is 1.99. The van der Waals surface area contributed by atoms with Crippen LogP contribution in [0.1, 0.15) is 77.6 Å². The molecule has 0 aliphatic rings. The number of hydrogen-bond acceptors (Lipinski definition) is 2. The molecule has 0 unspecified atom stereocenters. The molecule has 0 saturated heterocycles. The fraction of sp³-hybridized carbons (Fsp3) is 0.600. The third kappa shape index (κ3) is 18.3. The summed E-state index contributed by atoms with van der Waals surface area (Å²) in [6.07, 6.45) is 21.7. The lowest BCUT2D eigenvalue weighted by Crippen LogP contribution is -1.96. The normalized spacial score (nSPS) is 11.9. The lowest BCUT2D eigenvalue weighted by atomic mass is 10.1. The molecule has 0 fully saturated rings. The predicted octanol–water partition coefficient (Wildman–Crippen LogP) is 5.62. The molecule has 0 spiro atoms. The number of carboxylic acid groups (broad SMARTS) is 1. The Labute approximate surface area is 141 Å². The van der Waals surface area contributed by atoms with Crippen LogP contribution in [0.4, 0.5) is 0 Å². The smallest absolute Gasteiger partial charge is 0.303 e. The van der Waals surface area contributed by atoms with Gasteiger partial charge < -0.3 is 5.11 Å². The first-order chi connectivity index (χ1) is 11.2. The second-order valence-corrected chi connectivity index (χ2v) is 5.71. The van der Waals surface area contributed by atoms with Crippen LogP contribution < -0.4 is 0 Å². The summed E-state index contributed by atoms with van der Waals surface area (Å²) in [4.78, 5) is 21.9. The Bertz CT molecular complexity index is 392. The molecule has 0 aromatic carbocycles. The molecule has 0 aromatic heterocycles. The van der Waals surface area contributed by atoms with Gasteiger partial charge in [0.15, 0.2) is 0 Å². The summed E-state index contributed by atoms with van der Waals surface area (Å²) >= 11 is 0. The number of Topliss-reactive ketones (excluding diaryl/α,β-unsaturated/α-hetero) is 1. The third-order valence-corrected chi connectivity index (χ3v) is 3.45. The van der Waals surface area contributed by atoms with Crippen LogP contribution in [0.3, 0.4) is 0 Å². The first-order valence-electron chi connectivity index (χ1n) is 8.85. The summed E-state index contributed by atoms with van der Waals surface area (Å²) in [7, 11) is 0. The van der Waals surface area contributed by atoms with Crippen molar-refractivity contribution >= 4 is 11.8 Å². The zero-order valence-electron chi connectivity index (χ0n) is 14.5. The molecule has 0 radical (unpaired) electrons. The number of aliphatic carboxylic acids is 1. The van der Waals surface area contributed by atoms with E-state index in [-0.39, 0.29) is 6.42 Å². The van der Waals surface area contributed by atoms with Gasteiger partial charge >= 0.3 is 5.97 Å². The highest BCUT2D eigenvalue weighted by atomic mass is 16.4. The second-order valence-electron chi connectivity index (χ2n) is 5.71. The number of rotatable bonds is 15. The zero-order chi connectivity index (χ0) is 17.2. The van der Waals surface area contributed by atoms with Crippen molar-refractivity contribution < 1.29 is 14.7 Å². The summed E-state index contributed by atoms with van der Waals surface area (Å²) in [6.45, 7) is 2.15. The maximum absolute atomic E-state index is 11.5. The van der Waals surface area contributed by atoms with Gasteiger partial charge in [-0.3, -0.25) is 9.59 Å². The van der Waals surface area contributed by atoms with Crippen molar-refractivity contribution in [1.82, 2.24) is 0 Å². The molecule has 1 N–H and O–H groups in total. The summed E-state index contributed by atoms with van der Waals surface area (Å²) < 4.78 is 0. The van der Waals surface area contributed by atoms with Gasteiger partial charge in [-0.05, 0) is 38.5 Å². The average molecular weight is 320 g/mol. The van der Waals surface area contributed by atoms with E-state index in [1.807, 2.05) is 6.08 Å². The van der Waals surface area contributed by atoms with Gasteiger partial charge in [-0.15, -0.1) is 0 Å². The van der Waals surface area contributed by atoms with E-state index >= 15 is 0 Å². The third-order valence-electron chi connectivity index (χ3n) is 3.45. The summed E-state index contributed by atoms with van der Waals surface area (Å²) in [6, 6.07) is 0. The Morgan fingerprint density at radius 1 is 0.739 bits per heavy atom. The standard InChI is InChI=1S/C20H32O3/c1-2-3-13-16-19(21)17-14-11-9-7-5-4-6-8-10-12-15-18-20(22)23/h4-5,8-11H,2-3,6-7,12-18H2,1H3,(H,22,23)/b5-4-,10-8-,11-9-. The Morgan fingerprint density at radius 3 is 1.96 bits per heavy atom. The Hall–Kier alpha value is -1.64. The summed E-state index contributed by atoms with van der Waals surface area (Å²) in [5, 5.41) is 8.49. The van der Waals surface area contributed by atoms with Crippen LogP contribution in [0.2, 0.25) is 0 Å². The zero-order valence-corrected chi connectivity index (χ0v) is 14.5. The maximum atomic E-state index is 11.5. The fourth-order valence-corrected chi connectivity index (χ4v) is 2.09. The van der Waals surface area contributed by atoms with Crippen LogP contribution in [0.5, 0.6) is 0 Å². The van der Waals surface area contributed by atoms with E-state index in [1.54, 1.807) is 0 Å². The van der Waals surface area contributed by atoms with Crippen LogP contribution in [0.25, 0.3) is 0 Å². The van der Waals surface area contributed by atoms with E-state index < -0.39 is 5.97 Å². The molecule has 0 aromatic rings. The lowest BCUT2D eigenvalue weighted by Gasteiger charge is -1.97. The minimum absolute atomic E-state index is 0.242. The van der Waals surface area contributed by atoms with E-state index in [0.717, 1.165) is 51.4 Å². The summed E-state index contributed by atoms with van der Waals surface area (Å²) in [5.74, 6) is -0.348. The van der Waals surface area contributed by atoms with Gasteiger partial charge in [0, 0.05) is 19.3 Å². The molecular formula is C20H32O3. The second kappa shape index (κ2) is 16.7. The van der Waals surface area contributed by atoms with Crippen LogP contribution in [0.15, 0.2) is 36.5 Å². The van der Waals surface area contributed by atoms with Crippen LogP contribution >= 0.6 is 0 Å². The molecule has 3 heteroatoms. The molecule has 0 heterocycles. The van der Waals surface area contributed by atoms with E-state index in [2.05, 4.69) is 37.3 Å². The van der Waals surface area contributed by atoms with Crippen molar-refractivity contribution in [1.29, 1.82) is 0 Å². The molecular weight excluding hydrogens is 288 g/mol. The summed E-state index contributed by atoms with van der Waals surface area (Å²) in [5.41, 5.74) is 0. The molecule has 0 rings (SSSR count). The van der Waals surface area contributed by atoms with E-state index in [9.17, 15) is 9.59 Å². The number of hydrogen-bond donors (Lipinski definition) is 1. The van der Waals surface area contributed by atoms with Gasteiger partial charge in [-0.2, -0.15) is 0 Å². The van der Waals surface area contributed by atoms with Crippen LogP contribution in [0, 0.1) is 0 Å². The monoisotopic (exact) mass is 320 g/mol. The minimum Gasteiger partial charge on any atom is -0.481 e. The predicted molar refractivity (Wildman–Crippen MR) is 96.5 cm³/mol. The lowest BCUT2D eigenvalue weighted by molar-refractivity contribution is -0.137. The van der Waals surface area contributed by atoms with Crippen molar-refractivity contribution in [2.75, 3.05) is 0 Å². The molecule has 0 saturated carbocycles. The highest BCUT2D eigenvalue weighted by Crippen LogP contribution is 2.04. The topological polar surface area (TPSA) is 54.4 Å². The molecule has 0 bridgehead atoms. The van der Waals surface area contributed by atoms with Crippen molar-refractivity contribution in [3.63, 3.8) is 0 Å². The van der Waals surface area contributed by atoms with Crippen molar-refractivity contribution in [3.8, 4) is 0 Å². The maximum Gasteiger partial charge on any atom is 0.303 e. The molecule has 3 nitrogen and oxygen atoms in total. The largest absolute Gasteiger partial charge is 0.481 e. The van der Waals surface area contributed by atoms with Gasteiger partial charge in [0.1, 0.15) is 5.78 Å². The van der Waals surface area contributed by atoms with Crippen molar-refractivity contribution in [2.24, 2.45) is 0 Å². The molecule has 130 valence electrons. The van der Waals surface area contributed by atoms with Gasteiger partial charge in [0.2, 0.25) is 0 Å². The molecule has 23 heavy (non-hydrogen) atoms. The Morgan fingerprint density at radius 2 is 1.35 bits per heavy atom. The Kier molecular flexibility index (Phi) is 15.5.